The summed E-state index contributed by atoms with van der Waals surface area (Å²) in [5.74, 6) is 0.948. The van der Waals surface area contributed by atoms with Crippen molar-refractivity contribution in [3.63, 3.8) is 0 Å². The van der Waals surface area contributed by atoms with E-state index in [1.807, 2.05) is 0 Å². The van der Waals surface area contributed by atoms with E-state index in [0.29, 0.717) is 11.5 Å². The van der Waals surface area contributed by atoms with Gasteiger partial charge in [0.15, 0.2) is 5.96 Å². The fourth-order valence-electron chi connectivity index (χ4n) is 2.37. The van der Waals surface area contributed by atoms with E-state index in [1.165, 1.54) is 18.4 Å². The van der Waals surface area contributed by atoms with Crippen molar-refractivity contribution >= 4 is 5.96 Å². The molecule has 3 nitrogen and oxygen atoms in total. The van der Waals surface area contributed by atoms with Crippen molar-refractivity contribution in [1.82, 2.24) is 10.6 Å². The highest BCUT2D eigenvalue weighted by Gasteiger charge is 2.43. The molecule has 2 N–H and O–H groups in total. The first-order chi connectivity index (χ1) is 9.70. The largest absolute Gasteiger partial charge is 0.357 e. The van der Waals surface area contributed by atoms with Crippen LogP contribution in [0, 0.1) is 0 Å². The Kier molecular flexibility index (Phi) is 5.05. The predicted molar refractivity (Wildman–Crippen MR) is 86.2 cm³/mol. The topological polar surface area (TPSA) is 36.4 Å². The van der Waals surface area contributed by atoms with E-state index in [9.17, 15) is 0 Å². The molecule has 110 valence electrons. The third kappa shape index (κ3) is 3.75. The van der Waals surface area contributed by atoms with Crippen molar-refractivity contribution < 1.29 is 0 Å². The standard InChI is InChI=1S/C17H27N3/c1-4-14(3)20-16(18-5-2)19-13-17(11-12-17)15-9-7-6-8-10-15/h6-10,14H,4-5,11-13H2,1-3H3,(H2,18,19,20). The first-order valence-electron chi connectivity index (χ1n) is 7.80. The molecule has 1 atom stereocenters. The molecule has 2 rings (SSSR count). The lowest BCUT2D eigenvalue weighted by atomic mass is 9.96. The van der Waals surface area contributed by atoms with Gasteiger partial charge in [-0.1, -0.05) is 37.3 Å². The third-order valence-corrected chi connectivity index (χ3v) is 4.12. The van der Waals surface area contributed by atoms with Gasteiger partial charge in [-0.15, -0.1) is 0 Å². The van der Waals surface area contributed by atoms with Crippen LogP contribution in [0.15, 0.2) is 35.3 Å². The van der Waals surface area contributed by atoms with E-state index in [1.54, 1.807) is 0 Å². The third-order valence-electron chi connectivity index (χ3n) is 4.12. The molecule has 1 aliphatic rings. The normalized spacial score (nSPS) is 18.4. The van der Waals surface area contributed by atoms with Crippen LogP contribution >= 0.6 is 0 Å². The van der Waals surface area contributed by atoms with Gasteiger partial charge in [0.1, 0.15) is 0 Å². The Morgan fingerprint density at radius 1 is 1.25 bits per heavy atom. The maximum absolute atomic E-state index is 4.81. The summed E-state index contributed by atoms with van der Waals surface area (Å²) < 4.78 is 0. The van der Waals surface area contributed by atoms with Crippen LogP contribution in [0.25, 0.3) is 0 Å². The number of guanidine groups is 1. The van der Waals surface area contributed by atoms with Gasteiger partial charge in [0, 0.05) is 18.0 Å². The van der Waals surface area contributed by atoms with Crippen molar-refractivity contribution in [1.29, 1.82) is 0 Å². The molecule has 0 bridgehead atoms. The maximum atomic E-state index is 4.81. The van der Waals surface area contributed by atoms with Crippen LogP contribution in [-0.4, -0.2) is 25.1 Å². The van der Waals surface area contributed by atoms with Crippen molar-refractivity contribution in [2.45, 2.75) is 51.5 Å². The molecular weight excluding hydrogens is 246 g/mol. The molecule has 0 amide bonds. The Hall–Kier alpha value is -1.51. The second-order valence-electron chi connectivity index (χ2n) is 5.80. The Morgan fingerprint density at radius 3 is 2.50 bits per heavy atom. The number of benzene rings is 1. The molecule has 1 aromatic rings. The first-order valence-corrected chi connectivity index (χ1v) is 7.80. The molecule has 0 spiro atoms. The molecule has 3 heteroatoms. The van der Waals surface area contributed by atoms with Crippen LogP contribution in [0.4, 0.5) is 0 Å². The monoisotopic (exact) mass is 273 g/mol. The Morgan fingerprint density at radius 2 is 1.95 bits per heavy atom. The minimum absolute atomic E-state index is 0.291. The summed E-state index contributed by atoms with van der Waals surface area (Å²) in [6.07, 6.45) is 3.61. The van der Waals surface area contributed by atoms with Crippen LogP contribution in [0.2, 0.25) is 0 Å². The molecule has 1 aromatic carbocycles. The Bertz CT molecular complexity index is 435. The summed E-state index contributed by atoms with van der Waals surface area (Å²) in [4.78, 5) is 4.81. The van der Waals surface area contributed by atoms with Crippen molar-refractivity contribution in [2.24, 2.45) is 4.99 Å². The Labute approximate surface area is 122 Å². The smallest absolute Gasteiger partial charge is 0.191 e. The molecule has 0 saturated heterocycles. The second kappa shape index (κ2) is 6.78. The summed E-state index contributed by atoms with van der Waals surface area (Å²) in [7, 11) is 0. The summed E-state index contributed by atoms with van der Waals surface area (Å²) in [6.45, 7) is 8.27. The van der Waals surface area contributed by atoms with Gasteiger partial charge in [-0.3, -0.25) is 4.99 Å². The highest BCUT2D eigenvalue weighted by Crippen LogP contribution is 2.48. The molecule has 0 aromatic heterocycles. The molecule has 0 heterocycles. The summed E-state index contributed by atoms with van der Waals surface area (Å²) in [6, 6.07) is 11.3. The second-order valence-corrected chi connectivity index (χ2v) is 5.80. The van der Waals surface area contributed by atoms with Crippen LogP contribution in [0.3, 0.4) is 0 Å². The lowest BCUT2D eigenvalue weighted by molar-refractivity contribution is 0.618. The van der Waals surface area contributed by atoms with Crippen molar-refractivity contribution in [2.75, 3.05) is 13.1 Å². The molecule has 1 fully saturated rings. The summed E-state index contributed by atoms with van der Waals surface area (Å²) >= 11 is 0. The summed E-state index contributed by atoms with van der Waals surface area (Å²) in [5, 5.41) is 6.80. The van der Waals surface area contributed by atoms with E-state index in [2.05, 4.69) is 61.7 Å². The van der Waals surface area contributed by atoms with Gasteiger partial charge >= 0.3 is 0 Å². The fraction of sp³-hybridized carbons (Fsp3) is 0.588. The lowest BCUT2D eigenvalue weighted by Gasteiger charge is -2.18. The number of rotatable bonds is 6. The van der Waals surface area contributed by atoms with E-state index in [-0.39, 0.29) is 0 Å². The zero-order valence-electron chi connectivity index (χ0n) is 12.9. The zero-order valence-corrected chi connectivity index (χ0v) is 12.9. The van der Waals surface area contributed by atoms with Crippen LogP contribution in [0.5, 0.6) is 0 Å². The average molecular weight is 273 g/mol. The number of hydrogen-bond acceptors (Lipinski definition) is 1. The maximum Gasteiger partial charge on any atom is 0.191 e. The predicted octanol–water partition coefficient (Wildman–Crippen LogP) is 3.07. The number of hydrogen-bond donors (Lipinski definition) is 2. The zero-order chi connectivity index (χ0) is 14.4. The minimum atomic E-state index is 0.291. The SMILES string of the molecule is CCNC(=NCC1(c2ccccc2)CC1)NC(C)CC. The highest BCUT2D eigenvalue weighted by molar-refractivity contribution is 5.80. The van der Waals surface area contributed by atoms with E-state index < -0.39 is 0 Å². The molecule has 1 saturated carbocycles. The lowest BCUT2D eigenvalue weighted by Crippen LogP contribution is -2.42. The van der Waals surface area contributed by atoms with Gasteiger partial charge in [0.2, 0.25) is 0 Å². The van der Waals surface area contributed by atoms with E-state index >= 15 is 0 Å². The van der Waals surface area contributed by atoms with Gasteiger partial charge in [0.05, 0.1) is 6.54 Å². The molecular formula is C17H27N3. The van der Waals surface area contributed by atoms with Gasteiger partial charge in [-0.25, -0.2) is 0 Å². The summed E-state index contributed by atoms with van der Waals surface area (Å²) in [5.41, 5.74) is 1.72. The van der Waals surface area contributed by atoms with Crippen LogP contribution in [-0.2, 0) is 5.41 Å². The van der Waals surface area contributed by atoms with E-state index in [0.717, 1.165) is 25.5 Å². The first kappa shape index (κ1) is 14.9. The van der Waals surface area contributed by atoms with Crippen molar-refractivity contribution in [3.8, 4) is 0 Å². The average Bonchev–Trinajstić information content (AvgIpc) is 3.27. The molecule has 0 aliphatic heterocycles. The van der Waals surface area contributed by atoms with Gasteiger partial charge in [0.25, 0.3) is 0 Å². The quantitative estimate of drug-likeness (QED) is 0.617. The molecule has 0 radical (unpaired) electrons. The minimum Gasteiger partial charge on any atom is -0.357 e. The fourth-order valence-corrected chi connectivity index (χ4v) is 2.37. The number of nitrogens with zero attached hydrogens (tertiary/aromatic N) is 1. The van der Waals surface area contributed by atoms with Crippen LogP contribution in [0.1, 0.15) is 45.6 Å². The van der Waals surface area contributed by atoms with Gasteiger partial charge < -0.3 is 10.6 Å². The van der Waals surface area contributed by atoms with E-state index in [4.69, 9.17) is 4.99 Å². The highest BCUT2D eigenvalue weighted by atomic mass is 15.2. The number of nitrogens with one attached hydrogen (secondary N) is 2. The van der Waals surface area contributed by atoms with Crippen molar-refractivity contribution in [3.05, 3.63) is 35.9 Å². The molecule has 1 unspecified atom stereocenters. The van der Waals surface area contributed by atoms with Crippen LogP contribution < -0.4 is 10.6 Å². The molecule has 20 heavy (non-hydrogen) atoms. The Balaban J connectivity index is 2.02. The molecule has 1 aliphatic carbocycles. The van der Waals surface area contributed by atoms with Gasteiger partial charge in [-0.2, -0.15) is 0 Å². The number of aliphatic imine (C=N–C) groups is 1. The van der Waals surface area contributed by atoms with Gasteiger partial charge in [-0.05, 0) is 38.7 Å².